The van der Waals surface area contributed by atoms with Crippen LogP contribution in [0.3, 0.4) is 0 Å². The molecule has 0 saturated carbocycles. The molecule has 8 heteroatoms. The van der Waals surface area contributed by atoms with Gasteiger partial charge in [0.15, 0.2) is 5.11 Å². The molecule has 2 unspecified atom stereocenters. The van der Waals surface area contributed by atoms with Crippen LogP contribution in [-0.4, -0.2) is 25.6 Å². The lowest BCUT2D eigenvalue weighted by molar-refractivity contribution is -0.118. The predicted octanol–water partition coefficient (Wildman–Crippen LogP) is 6.27. The summed E-state index contributed by atoms with van der Waals surface area (Å²) in [6.45, 7) is 12.1. The molecule has 1 aromatic carbocycles. The number of hydrogen-bond acceptors (Lipinski definition) is 4. The monoisotopic (exact) mass is 538 g/mol. The zero-order valence-corrected chi connectivity index (χ0v) is 24.0. The Balaban J connectivity index is 1.63. The number of benzene rings is 1. The van der Waals surface area contributed by atoms with Crippen molar-refractivity contribution in [1.82, 2.24) is 19.9 Å². The lowest BCUT2D eigenvalue weighted by Crippen LogP contribution is -2.29. The SMILES string of the molecule is Cc1cc(N2C(=S)NC(c3ccccn3)C2c2cc(C)n(-c3ncccc3C)c2C)ccc1NC(=O)C(C)C. The number of carbonyl (C=O) groups is 1. The van der Waals surface area contributed by atoms with Gasteiger partial charge in [-0.2, -0.15) is 0 Å². The van der Waals surface area contributed by atoms with Crippen LogP contribution < -0.4 is 15.5 Å². The molecule has 1 fully saturated rings. The molecular formula is C31H34N6OS. The van der Waals surface area contributed by atoms with Crippen molar-refractivity contribution >= 4 is 34.6 Å². The number of amides is 1. The van der Waals surface area contributed by atoms with Crippen LogP contribution in [0.5, 0.6) is 0 Å². The third-order valence-corrected chi connectivity index (χ3v) is 7.67. The van der Waals surface area contributed by atoms with E-state index in [1.807, 2.05) is 69.6 Å². The zero-order valence-electron chi connectivity index (χ0n) is 23.2. The number of rotatable bonds is 6. The van der Waals surface area contributed by atoms with Gasteiger partial charge in [0, 0.05) is 41.1 Å². The van der Waals surface area contributed by atoms with E-state index in [1.165, 1.54) is 0 Å². The summed E-state index contributed by atoms with van der Waals surface area (Å²) in [5, 5.41) is 7.22. The van der Waals surface area contributed by atoms with Gasteiger partial charge in [0.05, 0.1) is 17.8 Å². The molecule has 1 amide bonds. The third-order valence-electron chi connectivity index (χ3n) is 7.35. The van der Waals surface area contributed by atoms with Gasteiger partial charge in [-0.25, -0.2) is 4.98 Å². The van der Waals surface area contributed by atoms with Crippen molar-refractivity contribution in [2.75, 3.05) is 10.2 Å². The summed E-state index contributed by atoms with van der Waals surface area (Å²) >= 11 is 5.95. The second kappa shape index (κ2) is 10.6. The molecule has 1 aliphatic rings. The normalized spacial score (nSPS) is 17.0. The minimum absolute atomic E-state index is 0.00504. The van der Waals surface area contributed by atoms with Crippen molar-refractivity contribution in [3.8, 4) is 5.82 Å². The van der Waals surface area contributed by atoms with E-state index in [4.69, 9.17) is 22.2 Å². The van der Waals surface area contributed by atoms with Gasteiger partial charge in [-0.05, 0) is 99.1 Å². The third kappa shape index (κ3) is 4.92. The summed E-state index contributed by atoms with van der Waals surface area (Å²) in [7, 11) is 0. The van der Waals surface area contributed by atoms with Crippen molar-refractivity contribution in [2.45, 2.75) is 53.6 Å². The molecular weight excluding hydrogens is 504 g/mol. The summed E-state index contributed by atoms with van der Waals surface area (Å²) in [6.07, 6.45) is 3.65. The van der Waals surface area contributed by atoms with E-state index in [0.29, 0.717) is 5.11 Å². The molecule has 3 aromatic heterocycles. The van der Waals surface area contributed by atoms with Crippen LogP contribution in [0.1, 0.15) is 59.7 Å². The number of hydrogen-bond donors (Lipinski definition) is 2. The van der Waals surface area contributed by atoms with Crippen LogP contribution in [-0.2, 0) is 4.79 Å². The van der Waals surface area contributed by atoms with Crippen LogP contribution in [0.2, 0.25) is 0 Å². The van der Waals surface area contributed by atoms with Crippen molar-refractivity contribution in [3.05, 3.63) is 101 Å². The van der Waals surface area contributed by atoms with Crippen LogP contribution in [0, 0.1) is 33.6 Å². The number of thiocarbonyl (C=S) groups is 1. The first-order valence-electron chi connectivity index (χ1n) is 13.2. The average molecular weight is 539 g/mol. The molecule has 39 heavy (non-hydrogen) atoms. The van der Waals surface area contributed by atoms with Crippen LogP contribution in [0.25, 0.3) is 5.82 Å². The highest BCUT2D eigenvalue weighted by Gasteiger charge is 2.42. The zero-order chi connectivity index (χ0) is 27.8. The summed E-state index contributed by atoms with van der Waals surface area (Å²) in [5.41, 5.74) is 8.11. The Morgan fingerprint density at radius 3 is 2.41 bits per heavy atom. The Bertz CT molecular complexity index is 1540. The van der Waals surface area contributed by atoms with Gasteiger partial charge in [-0.3, -0.25) is 9.78 Å². The van der Waals surface area contributed by atoms with Gasteiger partial charge in [-0.1, -0.05) is 26.0 Å². The van der Waals surface area contributed by atoms with E-state index < -0.39 is 0 Å². The highest BCUT2D eigenvalue weighted by atomic mass is 32.1. The quantitative estimate of drug-likeness (QED) is 0.282. The number of pyridine rings is 2. The molecule has 0 bridgehead atoms. The van der Waals surface area contributed by atoms with E-state index in [2.05, 4.69) is 59.1 Å². The van der Waals surface area contributed by atoms with E-state index in [-0.39, 0.29) is 23.9 Å². The standard InChI is InChI=1S/C31H34N6OS/c1-18(2)30(38)34-25-13-12-23(16-20(25)4)37-28(27(35-31(37)39)26-11-7-8-14-32-26)24-17-21(5)36(22(24)6)29-19(3)10-9-15-33-29/h7-18,27-28H,1-6H3,(H,34,38)(H,35,39). The molecule has 2 atom stereocenters. The lowest BCUT2D eigenvalue weighted by atomic mass is 9.96. The summed E-state index contributed by atoms with van der Waals surface area (Å²) in [6, 6.07) is 18.0. The first-order chi connectivity index (χ1) is 18.7. The Hall–Kier alpha value is -4.04. The summed E-state index contributed by atoms with van der Waals surface area (Å²) < 4.78 is 2.22. The largest absolute Gasteiger partial charge is 0.351 e. The van der Waals surface area contributed by atoms with Crippen molar-refractivity contribution in [1.29, 1.82) is 0 Å². The second-order valence-corrected chi connectivity index (χ2v) is 10.8. The molecule has 0 radical (unpaired) electrons. The summed E-state index contributed by atoms with van der Waals surface area (Å²) in [4.78, 5) is 23.9. The van der Waals surface area contributed by atoms with Gasteiger partial charge >= 0.3 is 0 Å². The Morgan fingerprint density at radius 2 is 1.74 bits per heavy atom. The number of aromatic nitrogens is 3. The number of aryl methyl sites for hydroxylation is 3. The maximum atomic E-state index is 12.3. The van der Waals surface area contributed by atoms with Crippen LogP contribution in [0.15, 0.2) is 67.0 Å². The molecule has 7 nitrogen and oxygen atoms in total. The average Bonchev–Trinajstić information content (AvgIpc) is 3.41. The number of nitrogens with zero attached hydrogens (tertiary/aromatic N) is 4. The highest BCUT2D eigenvalue weighted by Crippen LogP contribution is 2.44. The first kappa shape index (κ1) is 26.6. The van der Waals surface area contributed by atoms with Crippen LogP contribution >= 0.6 is 12.2 Å². The molecule has 200 valence electrons. The molecule has 1 saturated heterocycles. The van der Waals surface area contributed by atoms with Crippen molar-refractivity contribution in [3.63, 3.8) is 0 Å². The predicted molar refractivity (Wildman–Crippen MR) is 160 cm³/mol. The Kier molecular flexibility index (Phi) is 7.23. The smallest absolute Gasteiger partial charge is 0.226 e. The molecule has 0 aliphatic carbocycles. The van der Waals surface area contributed by atoms with Crippen molar-refractivity contribution in [2.24, 2.45) is 5.92 Å². The second-order valence-electron chi connectivity index (χ2n) is 10.4. The first-order valence-corrected chi connectivity index (χ1v) is 13.6. The molecule has 0 spiro atoms. The van der Waals surface area contributed by atoms with Gasteiger partial charge in [0.2, 0.25) is 5.91 Å². The maximum Gasteiger partial charge on any atom is 0.226 e. The van der Waals surface area contributed by atoms with Crippen molar-refractivity contribution < 1.29 is 4.79 Å². The van der Waals surface area contributed by atoms with Crippen LogP contribution in [0.4, 0.5) is 11.4 Å². The van der Waals surface area contributed by atoms with Gasteiger partial charge in [0.25, 0.3) is 0 Å². The fourth-order valence-electron chi connectivity index (χ4n) is 5.29. The molecule has 2 N–H and O–H groups in total. The number of nitrogens with one attached hydrogen (secondary N) is 2. The Morgan fingerprint density at radius 1 is 0.974 bits per heavy atom. The number of carbonyl (C=O) groups excluding carboxylic acids is 1. The fraction of sp³-hybridized carbons (Fsp3) is 0.290. The molecule has 1 aliphatic heterocycles. The number of anilines is 2. The minimum Gasteiger partial charge on any atom is -0.351 e. The Labute approximate surface area is 235 Å². The van der Waals surface area contributed by atoms with E-state index >= 15 is 0 Å². The summed E-state index contributed by atoms with van der Waals surface area (Å²) in [5.74, 6) is 0.824. The van der Waals surface area contributed by atoms with E-state index in [9.17, 15) is 4.79 Å². The van der Waals surface area contributed by atoms with E-state index in [1.54, 1.807) is 0 Å². The fourth-order valence-corrected chi connectivity index (χ4v) is 5.63. The van der Waals surface area contributed by atoms with E-state index in [0.717, 1.165) is 51.0 Å². The van der Waals surface area contributed by atoms with Gasteiger partial charge in [-0.15, -0.1) is 0 Å². The maximum absolute atomic E-state index is 12.3. The van der Waals surface area contributed by atoms with Gasteiger partial charge < -0.3 is 20.1 Å². The molecule has 4 heterocycles. The van der Waals surface area contributed by atoms with Gasteiger partial charge in [0.1, 0.15) is 5.82 Å². The minimum atomic E-state index is -0.155. The lowest BCUT2D eigenvalue weighted by Gasteiger charge is -2.29. The molecule has 5 rings (SSSR count). The topological polar surface area (TPSA) is 75.1 Å². The molecule has 4 aromatic rings. The highest BCUT2D eigenvalue weighted by molar-refractivity contribution is 7.80.